The summed E-state index contributed by atoms with van der Waals surface area (Å²) in [5, 5.41) is 9.31. The molecule has 4 nitrogen and oxygen atoms in total. The number of halogens is 1. The van der Waals surface area contributed by atoms with E-state index in [0.717, 1.165) is 15.6 Å². The summed E-state index contributed by atoms with van der Waals surface area (Å²) >= 11 is 3.43. The van der Waals surface area contributed by atoms with E-state index in [9.17, 15) is 14.7 Å². The molecule has 0 aliphatic carbocycles. The van der Waals surface area contributed by atoms with Crippen molar-refractivity contribution in [3.63, 3.8) is 0 Å². The molecule has 0 radical (unpaired) electrons. The molecule has 1 aromatic carbocycles. The molecule has 1 N–H and O–H groups in total. The number of benzene rings is 1. The van der Waals surface area contributed by atoms with Crippen molar-refractivity contribution in [3.05, 3.63) is 33.8 Å². The van der Waals surface area contributed by atoms with Crippen molar-refractivity contribution in [3.8, 4) is 0 Å². The summed E-state index contributed by atoms with van der Waals surface area (Å²) in [7, 11) is 0. The summed E-state index contributed by atoms with van der Waals surface area (Å²) in [4.78, 5) is 24.9. The molecule has 1 aliphatic heterocycles. The molecule has 2 unspecified atom stereocenters. The molecule has 19 heavy (non-hydrogen) atoms. The van der Waals surface area contributed by atoms with Crippen molar-refractivity contribution in [2.45, 2.75) is 26.3 Å². The third-order valence-electron chi connectivity index (χ3n) is 3.61. The van der Waals surface area contributed by atoms with Gasteiger partial charge >= 0.3 is 5.97 Å². The zero-order chi connectivity index (χ0) is 14.2. The number of aliphatic carboxylic acids is 1. The first-order valence-corrected chi connectivity index (χ1v) is 7.03. The average Bonchev–Trinajstić information content (AvgIpc) is 2.69. The summed E-state index contributed by atoms with van der Waals surface area (Å²) in [5.41, 5.74) is 1.93. The number of rotatable bonds is 3. The van der Waals surface area contributed by atoms with Crippen LogP contribution in [0.25, 0.3) is 0 Å². The quantitative estimate of drug-likeness (QED) is 0.929. The Morgan fingerprint density at radius 3 is 2.74 bits per heavy atom. The number of carbonyl (C=O) groups excluding carboxylic acids is 1. The molecule has 1 aliphatic rings. The van der Waals surface area contributed by atoms with Crippen LogP contribution in [0, 0.1) is 12.8 Å². The first kappa shape index (κ1) is 14.1. The van der Waals surface area contributed by atoms with Crippen molar-refractivity contribution < 1.29 is 14.7 Å². The standard InChI is InChI=1S/C14H16BrNO3/c1-3-16-12(17)7-10(14(18)19)13(16)9-4-5-11(15)8(2)6-9/h4-6,10,13H,3,7H2,1-2H3,(H,18,19). The number of carboxylic acids is 1. The van der Waals surface area contributed by atoms with Crippen LogP contribution in [0.4, 0.5) is 0 Å². The van der Waals surface area contributed by atoms with Crippen LogP contribution in [0.15, 0.2) is 22.7 Å². The van der Waals surface area contributed by atoms with Gasteiger partial charge in [-0.05, 0) is 31.0 Å². The van der Waals surface area contributed by atoms with Gasteiger partial charge in [-0.1, -0.05) is 28.1 Å². The topological polar surface area (TPSA) is 57.6 Å². The van der Waals surface area contributed by atoms with Gasteiger partial charge in [0, 0.05) is 17.4 Å². The van der Waals surface area contributed by atoms with Gasteiger partial charge in [-0.25, -0.2) is 0 Å². The van der Waals surface area contributed by atoms with Crippen molar-refractivity contribution in [1.82, 2.24) is 4.90 Å². The van der Waals surface area contributed by atoms with Crippen LogP contribution in [0.1, 0.15) is 30.5 Å². The second-order valence-electron chi connectivity index (χ2n) is 4.78. The van der Waals surface area contributed by atoms with Crippen LogP contribution >= 0.6 is 15.9 Å². The highest BCUT2D eigenvalue weighted by Crippen LogP contribution is 2.38. The second kappa shape index (κ2) is 5.33. The lowest BCUT2D eigenvalue weighted by Crippen LogP contribution is -2.30. The van der Waals surface area contributed by atoms with Crippen LogP contribution < -0.4 is 0 Å². The molecule has 0 spiro atoms. The Morgan fingerprint density at radius 1 is 1.53 bits per heavy atom. The van der Waals surface area contributed by atoms with Crippen molar-refractivity contribution in [1.29, 1.82) is 0 Å². The van der Waals surface area contributed by atoms with E-state index in [1.165, 1.54) is 0 Å². The van der Waals surface area contributed by atoms with Gasteiger partial charge in [-0.2, -0.15) is 0 Å². The zero-order valence-electron chi connectivity index (χ0n) is 10.9. The predicted octanol–water partition coefficient (Wildman–Crippen LogP) is 2.75. The van der Waals surface area contributed by atoms with E-state index in [4.69, 9.17) is 0 Å². The number of likely N-dealkylation sites (tertiary alicyclic amines) is 1. The Morgan fingerprint density at radius 2 is 2.21 bits per heavy atom. The molecule has 0 saturated carbocycles. The lowest BCUT2D eigenvalue weighted by Gasteiger charge is -2.26. The highest BCUT2D eigenvalue weighted by atomic mass is 79.9. The summed E-state index contributed by atoms with van der Waals surface area (Å²) < 4.78 is 0.982. The molecule has 2 rings (SSSR count). The number of carbonyl (C=O) groups is 2. The molecule has 1 amide bonds. The molecule has 1 saturated heterocycles. The molecule has 2 atom stereocenters. The van der Waals surface area contributed by atoms with Crippen LogP contribution in [-0.4, -0.2) is 28.4 Å². The first-order valence-electron chi connectivity index (χ1n) is 6.24. The Hall–Kier alpha value is -1.36. The van der Waals surface area contributed by atoms with Crippen LogP contribution in [0.3, 0.4) is 0 Å². The normalized spacial score (nSPS) is 22.9. The van der Waals surface area contributed by atoms with Crippen LogP contribution in [0.5, 0.6) is 0 Å². The minimum absolute atomic E-state index is 0.0829. The lowest BCUT2D eigenvalue weighted by atomic mass is 9.93. The van der Waals surface area contributed by atoms with Gasteiger partial charge in [0.1, 0.15) is 0 Å². The SMILES string of the molecule is CCN1C(=O)CC(C(=O)O)C1c1ccc(Br)c(C)c1. The van der Waals surface area contributed by atoms with Crippen LogP contribution in [0.2, 0.25) is 0 Å². The minimum Gasteiger partial charge on any atom is -0.481 e. The van der Waals surface area contributed by atoms with Gasteiger partial charge in [-0.15, -0.1) is 0 Å². The fraction of sp³-hybridized carbons (Fsp3) is 0.429. The van der Waals surface area contributed by atoms with Gasteiger partial charge < -0.3 is 10.0 Å². The van der Waals surface area contributed by atoms with E-state index in [-0.39, 0.29) is 18.4 Å². The number of aryl methyl sites for hydroxylation is 1. The number of hydrogen-bond donors (Lipinski definition) is 1. The average molecular weight is 326 g/mol. The molecule has 0 bridgehead atoms. The van der Waals surface area contributed by atoms with Gasteiger partial charge in [0.25, 0.3) is 0 Å². The number of amides is 1. The summed E-state index contributed by atoms with van der Waals surface area (Å²) in [5.74, 6) is -1.65. The summed E-state index contributed by atoms with van der Waals surface area (Å²) in [6.45, 7) is 4.36. The van der Waals surface area contributed by atoms with Crippen molar-refractivity contribution in [2.75, 3.05) is 6.54 Å². The number of carboxylic acid groups (broad SMARTS) is 1. The Labute approximate surface area is 120 Å². The molecular formula is C14H16BrNO3. The molecule has 1 fully saturated rings. The van der Waals surface area contributed by atoms with E-state index >= 15 is 0 Å². The maximum atomic E-state index is 11.9. The van der Waals surface area contributed by atoms with E-state index in [0.29, 0.717) is 6.54 Å². The van der Waals surface area contributed by atoms with E-state index in [1.807, 2.05) is 32.0 Å². The fourth-order valence-corrected chi connectivity index (χ4v) is 2.90. The van der Waals surface area contributed by atoms with Crippen molar-refractivity contribution in [2.24, 2.45) is 5.92 Å². The largest absolute Gasteiger partial charge is 0.481 e. The molecule has 0 aromatic heterocycles. The van der Waals surface area contributed by atoms with Gasteiger partial charge in [-0.3, -0.25) is 9.59 Å². The molecule has 1 heterocycles. The van der Waals surface area contributed by atoms with E-state index in [1.54, 1.807) is 4.90 Å². The second-order valence-corrected chi connectivity index (χ2v) is 5.64. The summed E-state index contributed by atoms with van der Waals surface area (Å²) in [6, 6.07) is 5.38. The molecule has 5 heteroatoms. The van der Waals surface area contributed by atoms with Gasteiger partial charge in [0.2, 0.25) is 5.91 Å². The Bertz CT molecular complexity index is 529. The fourth-order valence-electron chi connectivity index (χ4n) is 2.65. The third kappa shape index (κ3) is 2.52. The monoisotopic (exact) mass is 325 g/mol. The number of hydrogen-bond acceptors (Lipinski definition) is 2. The molecule has 102 valence electrons. The Kier molecular flexibility index (Phi) is 3.94. The molecular weight excluding hydrogens is 310 g/mol. The number of nitrogens with zero attached hydrogens (tertiary/aromatic N) is 1. The highest BCUT2D eigenvalue weighted by molar-refractivity contribution is 9.10. The first-order chi connectivity index (χ1) is 8.95. The van der Waals surface area contributed by atoms with Gasteiger partial charge in [0.05, 0.1) is 12.0 Å². The van der Waals surface area contributed by atoms with E-state index < -0.39 is 11.9 Å². The maximum absolute atomic E-state index is 11.9. The minimum atomic E-state index is -0.908. The van der Waals surface area contributed by atoms with Crippen LogP contribution in [-0.2, 0) is 9.59 Å². The third-order valence-corrected chi connectivity index (χ3v) is 4.50. The van der Waals surface area contributed by atoms with Gasteiger partial charge in [0.15, 0.2) is 0 Å². The summed E-state index contributed by atoms with van der Waals surface area (Å²) in [6.07, 6.45) is 0.0863. The maximum Gasteiger partial charge on any atom is 0.309 e. The lowest BCUT2D eigenvalue weighted by molar-refractivity contribution is -0.142. The highest BCUT2D eigenvalue weighted by Gasteiger charge is 2.43. The predicted molar refractivity (Wildman–Crippen MR) is 74.7 cm³/mol. The molecule has 1 aromatic rings. The van der Waals surface area contributed by atoms with E-state index in [2.05, 4.69) is 15.9 Å². The Balaban J connectivity index is 2.45. The van der Waals surface area contributed by atoms with Crippen molar-refractivity contribution >= 4 is 27.8 Å². The smallest absolute Gasteiger partial charge is 0.309 e. The zero-order valence-corrected chi connectivity index (χ0v) is 12.5.